The van der Waals surface area contributed by atoms with Crippen molar-refractivity contribution in [2.75, 3.05) is 5.88 Å². The van der Waals surface area contributed by atoms with Gasteiger partial charge in [0.25, 0.3) is 0 Å². The van der Waals surface area contributed by atoms with Gasteiger partial charge in [-0.05, 0) is 18.0 Å². The van der Waals surface area contributed by atoms with Crippen LogP contribution in [0.5, 0.6) is 0 Å². The van der Waals surface area contributed by atoms with Gasteiger partial charge >= 0.3 is 0 Å². The fourth-order valence-corrected chi connectivity index (χ4v) is 0.999. The molecule has 0 spiro atoms. The third-order valence-electron chi connectivity index (χ3n) is 1.00. The van der Waals surface area contributed by atoms with Crippen LogP contribution < -0.4 is 0 Å². The van der Waals surface area contributed by atoms with Crippen LogP contribution >= 0.6 is 23.2 Å². The van der Waals surface area contributed by atoms with Crippen LogP contribution in [0.15, 0.2) is 0 Å². The van der Waals surface area contributed by atoms with Crippen molar-refractivity contribution in [3.8, 4) is 0 Å². The number of hydrogen-bond acceptors (Lipinski definition) is 1. The van der Waals surface area contributed by atoms with Crippen LogP contribution in [0.25, 0.3) is 0 Å². The molecule has 0 aromatic carbocycles. The van der Waals surface area contributed by atoms with E-state index in [-0.39, 0.29) is 11.2 Å². The fraction of sp³-hybridized carbons (Fsp3) is 0.800. The summed E-state index contributed by atoms with van der Waals surface area (Å²) >= 11 is 10.5. The van der Waals surface area contributed by atoms with Crippen LogP contribution in [0.3, 0.4) is 0 Å². The zero-order chi connectivity index (χ0) is 6.57. The third-order valence-corrected chi connectivity index (χ3v) is 1.68. The molecule has 0 saturated heterocycles. The number of carbonyl (C=O) groups excluding carboxylic acids is 1. The molecule has 0 N–H and O–H groups in total. The Labute approximate surface area is 59.0 Å². The molecule has 1 nitrogen and oxygen atoms in total. The van der Waals surface area contributed by atoms with E-state index < -0.39 is 0 Å². The monoisotopic (exact) mass is 154 g/mol. The van der Waals surface area contributed by atoms with Crippen LogP contribution in [0.4, 0.5) is 0 Å². The molecule has 0 aliphatic carbocycles. The lowest BCUT2D eigenvalue weighted by atomic mass is 10.1. The molecule has 0 saturated carbocycles. The summed E-state index contributed by atoms with van der Waals surface area (Å²) in [5, 5.41) is -0.331. The van der Waals surface area contributed by atoms with E-state index in [1.54, 1.807) is 0 Å². The maximum absolute atomic E-state index is 10.3. The molecule has 3 heteroatoms. The fourth-order valence-electron chi connectivity index (χ4n) is 0.330. The van der Waals surface area contributed by atoms with E-state index in [9.17, 15) is 4.79 Å². The Balaban J connectivity index is 3.52. The van der Waals surface area contributed by atoms with Crippen molar-refractivity contribution in [1.82, 2.24) is 0 Å². The van der Waals surface area contributed by atoms with E-state index in [2.05, 4.69) is 0 Å². The topological polar surface area (TPSA) is 17.1 Å². The molecule has 0 aromatic heterocycles. The van der Waals surface area contributed by atoms with Crippen molar-refractivity contribution in [2.45, 2.75) is 13.3 Å². The summed E-state index contributed by atoms with van der Waals surface area (Å²) in [7, 11) is 0. The lowest BCUT2D eigenvalue weighted by Crippen LogP contribution is -2.08. The maximum atomic E-state index is 10.3. The molecule has 8 heavy (non-hydrogen) atoms. The van der Waals surface area contributed by atoms with Crippen LogP contribution in [0, 0.1) is 5.92 Å². The number of halogens is 2. The SMILES string of the molecule is CCC(CCl)C(=O)Cl. The van der Waals surface area contributed by atoms with E-state index >= 15 is 0 Å². The minimum Gasteiger partial charge on any atom is -0.281 e. The Bertz CT molecular complexity index is 78.5. The summed E-state index contributed by atoms with van der Waals surface area (Å²) in [6.45, 7) is 1.88. The molecule has 0 aliphatic rings. The third kappa shape index (κ3) is 2.53. The summed E-state index contributed by atoms with van der Waals surface area (Å²) in [5.74, 6) is 0.178. The Morgan fingerprint density at radius 3 is 2.25 bits per heavy atom. The highest BCUT2D eigenvalue weighted by Gasteiger charge is 2.10. The molecule has 1 unspecified atom stereocenters. The van der Waals surface area contributed by atoms with E-state index in [1.807, 2.05) is 6.92 Å². The van der Waals surface area contributed by atoms with Gasteiger partial charge in [0.05, 0.1) is 0 Å². The first-order valence-corrected chi connectivity index (χ1v) is 3.39. The second-order valence-corrected chi connectivity index (χ2v) is 2.24. The molecule has 0 radical (unpaired) electrons. The zero-order valence-corrected chi connectivity index (χ0v) is 6.17. The molecule has 0 heterocycles. The second-order valence-electron chi connectivity index (χ2n) is 1.56. The molecule has 0 aliphatic heterocycles. The highest BCUT2D eigenvalue weighted by molar-refractivity contribution is 6.64. The van der Waals surface area contributed by atoms with E-state index in [0.717, 1.165) is 6.42 Å². The molecule has 48 valence electrons. The predicted molar refractivity (Wildman–Crippen MR) is 35.4 cm³/mol. The van der Waals surface area contributed by atoms with Crippen molar-refractivity contribution in [3.05, 3.63) is 0 Å². The number of hydrogen-bond donors (Lipinski definition) is 0. The Morgan fingerprint density at radius 1 is 1.75 bits per heavy atom. The molecule has 1 atom stereocenters. The number of carbonyl (C=O) groups is 1. The average Bonchev–Trinajstić information content (AvgIpc) is 1.69. The highest BCUT2D eigenvalue weighted by atomic mass is 35.5. The minimum absolute atomic E-state index is 0.154. The molecule has 0 amide bonds. The van der Waals surface area contributed by atoms with Crippen molar-refractivity contribution < 1.29 is 4.79 Å². The van der Waals surface area contributed by atoms with E-state index in [0.29, 0.717) is 5.88 Å². The Hall–Kier alpha value is 0.250. The van der Waals surface area contributed by atoms with Gasteiger partial charge in [-0.25, -0.2) is 0 Å². The van der Waals surface area contributed by atoms with Gasteiger partial charge < -0.3 is 0 Å². The first kappa shape index (κ1) is 8.25. The maximum Gasteiger partial charge on any atom is 0.225 e. The van der Waals surface area contributed by atoms with Gasteiger partial charge in [-0.2, -0.15) is 0 Å². The van der Waals surface area contributed by atoms with Crippen LogP contribution in [-0.4, -0.2) is 11.1 Å². The van der Waals surface area contributed by atoms with Crippen molar-refractivity contribution in [3.63, 3.8) is 0 Å². The number of rotatable bonds is 3. The lowest BCUT2D eigenvalue weighted by Gasteiger charge is -2.00. The standard InChI is InChI=1S/C5H8Cl2O/c1-2-4(3-6)5(7)8/h4H,2-3H2,1H3. The van der Waals surface area contributed by atoms with Gasteiger partial charge in [-0.3, -0.25) is 4.79 Å². The van der Waals surface area contributed by atoms with Gasteiger partial charge in [-0.15, -0.1) is 11.6 Å². The van der Waals surface area contributed by atoms with E-state index in [4.69, 9.17) is 23.2 Å². The summed E-state index contributed by atoms with van der Waals surface area (Å²) in [4.78, 5) is 10.3. The smallest absolute Gasteiger partial charge is 0.225 e. The quantitative estimate of drug-likeness (QED) is 0.450. The molecular formula is C5H8Cl2O. The molecule has 0 rings (SSSR count). The van der Waals surface area contributed by atoms with Crippen LogP contribution in [0.2, 0.25) is 0 Å². The van der Waals surface area contributed by atoms with Crippen molar-refractivity contribution in [1.29, 1.82) is 0 Å². The van der Waals surface area contributed by atoms with Crippen molar-refractivity contribution in [2.24, 2.45) is 5.92 Å². The molecule has 0 fully saturated rings. The summed E-state index contributed by atoms with van der Waals surface area (Å²) < 4.78 is 0. The average molecular weight is 155 g/mol. The zero-order valence-electron chi connectivity index (χ0n) is 4.66. The molecule has 0 aromatic rings. The summed E-state index contributed by atoms with van der Waals surface area (Å²) in [6.07, 6.45) is 0.728. The highest BCUT2D eigenvalue weighted by Crippen LogP contribution is 2.07. The molecular weight excluding hydrogens is 147 g/mol. The Kier molecular flexibility index (Phi) is 4.29. The van der Waals surface area contributed by atoms with E-state index in [1.165, 1.54) is 0 Å². The summed E-state index contributed by atoms with van der Waals surface area (Å²) in [5.41, 5.74) is 0. The normalized spacial score (nSPS) is 13.4. The second kappa shape index (κ2) is 4.16. The van der Waals surface area contributed by atoms with Gasteiger partial charge in [0, 0.05) is 11.8 Å². The first-order chi connectivity index (χ1) is 3.72. The lowest BCUT2D eigenvalue weighted by molar-refractivity contribution is -0.114. The van der Waals surface area contributed by atoms with Crippen molar-refractivity contribution >= 4 is 28.4 Å². The van der Waals surface area contributed by atoms with Gasteiger partial charge in [0.1, 0.15) is 0 Å². The van der Waals surface area contributed by atoms with Gasteiger partial charge in [-0.1, -0.05) is 6.92 Å². The summed E-state index contributed by atoms with van der Waals surface area (Å²) in [6, 6.07) is 0. The van der Waals surface area contributed by atoms with Crippen LogP contribution in [-0.2, 0) is 4.79 Å². The Morgan fingerprint density at radius 2 is 2.25 bits per heavy atom. The molecule has 0 bridgehead atoms. The number of alkyl halides is 1. The first-order valence-electron chi connectivity index (χ1n) is 2.47. The van der Waals surface area contributed by atoms with Gasteiger partial charge in [0.15, 0.2) is 0 Å². The van der Waals surface area contributed by atoms with Gasteiger partial charge in [0.2, 0.25) is 5.24 Å². The largest absolute Gasteiger partial charge is 0.281 e. The predicted octanol–water partition coefficient (Wildman–Crippen LogP) is 2.02. The van der Waals surface area contributed by atoms with Crippen LogP contribution in [0.1, 0.15) is 13.3 Å². The minimum atomic E-state index is -0.331.